The van der Waals surface area contributed by atoms with Gasteiger partial charge in [-0.15, -0.1) is 0 Å². The zero-order valence-electron chi connectivity index (χ0n) is 17.1. The summed E-state index contributed by atoms with van der Waals surface area (Å²) in [5.41, 5.74) is 0. The van der Waals surface area contributed by atoms with Crippen LogP contribution in [0.2, 0.25) is 0 Å². The Labute approximate surface area is 151 Å². The van der Waals surface area contributed by atoms with Crippen LogP contribution in [0, 0.1) is 17.8 Å². The standard InChI is InChI=1S/C19H37N3.C2H6/c1-16(2)18-13-19(14-18)22-8-4-7-21(11-12-22)15-17-5-9-20(3)10-6-17;1-2/h16-19H,4-15H2,1-3H3;1-2H3. The van der Waals surface area contributed by atoms with E-state index in [9.17, 15) is 0 Å². The Bertz CT molecular complexity index is 330. The van der Waals surface area contributed by atoms with E-state index in [0.717, 1.165) is 23.8 Å². The summed E-state index contributed by atoms with van der Waals surface area (Å²) < 4.78 is 0. The van der Waals surface area contributed by atoms with Crippen molar-refractivity contribution in [2.24, 2.45) is 17.8 Å². The Morgan fingerprint density at radius 1 is 0.875 bits per heavy atom. The topological polar surface area (TPSA) is 9.72 Å². The third-order valence-corrected chi connectivity index (χ3v) is 6.59. The molecule has 0 unspecified atom stereocenters. The Morgan fingerprint density at radius 3 is 2.17 bits per heavy atom. The second-order valence-electron chi connectivity index (χ2n) is 8.57. The quantitative estimate of drug-likeness (QED) is 0.772. The van der Waals surface area contributed by atoms with Crippen LogP contribution in [-0.4, -0.2) is 73.6 Å². The molecule has 0 spiro atoms. The summed E-state index contributed by atoms with van der Waals surface area (Å²) in [6.45, 7) is 18.1. The monoisotopic (exact) mass is 337 g/mol. The van der Waals surface area contributed by atoms with E-state index in [1.54, 1.807) is 0 Å². The van der Waals surface area contributed by atoms with Crippen LogP contribution in [0.15, 0.2) is 0 Å². The van der Waals surface area contributed by atoms with E-state index in [1.807, 2.05) is 13.8 Å². The van der Waals surface area contributed by atoms with Crippen molar-refractivity contribution in [1.29, 1.82) is 0 Å². The first-order valence-corrected chi connectivity index (χ1v) is 10.8. The lowest BCUT2D eigenvalue weighted by molar-refractivity contribution is 0.0573. The molecule has 3 fully saturated rings. The molecular weight excluding hydrogens is 294 g/mol. The highest BCUT2D eigenvalue weighted by Gasteiger charge is 2.35. The van der Waals surface area contributed by atoms with Crippen LogP contribution in [0.4, 0.5) is 0 Å². The summed E-state index contributed by atoms with van der Waals surface area (Å²) in [6.07, 6.45) is 7.14. The van der Waals surface area contributed by atoms with Crippen LogP contribution in [0.25, 0.3) is 0 Å². The van der Waals surface area contributed by atoms with Crippen molar-refractivity contribution in [3.63, 3.8) is 0 Å². The van der Waals surface area contributed by atoms with E-state index in [0.29, 0.717) is 0 Å². The van der Waals surface area contributed by atoms with Crippen LogP contribution in [0.1, 0.15) is 59.8 Å². The molecule has 0 bridgehead atoms. The maximum absolute atomic E-state index is 2.81. The van der Waals surface area contributed by atoms with E-state index in [4.69, 9.17) is 0 Å². The molecular formula is C21H43N3. The number of hydrogen-bond donors (Lipinski definition) is 0. The van der Waals surface area contributed by atoms with Gasteiger partial charge in [-0.1, -0.05) is 27.7 Å². The lowest BCUT2D eigenvalue weighted by atomic mass is 9.73. The lowest BCUT2D eigenvalue weighted by Gasteiger charge is -2.44. The summed E-state index contributed by atoms with van der Waals surface area (Å²) in [7, 11) is 2.27. The minimum Gasteiger partial charge on any atom is -0.306 e. The maximum atomic E-state index is 2.81. The van der Waals surface area contributed by atoms with Gasteiger partial charge in [0.15, 0.2) is 0 Å². The van der Waals surface area contributed by atoms with Crippen molar-refractivity contribution in [2.75, 3.05) is 52.9 Å². The molecule has 2 saturated heterocycles. The molecule has 0 amide bonds. The second kappa shape index (κ2) is 10.1. The zero-order valence-corrected chi connectivity index (χ0v) is 17.1. The van der Waals surface area contributed by atoms with Gasteiger partial charge in [-0.25, -0.2) is 0 Å². The van der Waals surface area contributed by atoms with Crippen LogP contribution in [0.5, 0.6) is 0 Å². The largest absolute Gasteiger partial charge is 0.306 e. The normalized spacial score (nSPS) is 31.2. The summed E-state index contributed by atoms with van der Waals surface area (Å²) in [5.74, 6) is 2.85. The fourth-order valence-electron chi connectivity index (χ4n) is 4.62. The molecule has 3 nitrogen and oxygen atoms in total. The fourth-order valence-corrected chi connectivity index (χ4v) is 4.62. The van der Waals surface area contributed by atoms with Gasteiger partial charge in [-0.2, -0.15) is 0 Å². The Morgan fingerprint density at radius 2 is 1.54 bits per heavy atom. The van der Waals surface area contributed by atoms with E-state index in [1.165, 1.54) is 77.9 Å². The zero-order chi connectivity index (χ0) is 17.5. The van der Waals surface area contributed by atoms with Crippen molar-refractivity contribution in [3.8, 4) is 0 Å². The SMILES string of the molecule is CC.CC(C)C1CC(N2CCCN(CC3CCN(C)CC3)CC2)C1. The average molecular weight is 338 g/mol. The molecule has 24 heavy (non-hydrogen) atoms. The third kappa shape index (κ3) is 5.71. The molecule has 1 saturated carbocycles. The third-order valence-electron chi connectivity index (χ3n) is 6.59. The first-order chi connectivity index (χ1) is 11.6. The van der Waals surface area contributed by atoms with Crippen molar-refractivity contribution in [1.82, 2.24) is 14.7 Å². The molecule has 0 N–H and O–H groups in total. The van der Waals surface area contributed by atoms with Crippen LogP contribution >= 0.6 is 0 Å². The molecule has 1 aliphatic carbocycles. The smallest absolute Gasteiger partial charge is 0.0112 e. The van der Waals surface area contributed by atoms with Gasteiger partial charge in [0.1, 0.15) is 0 Å². The molecule has 0 aromatic carbocycles. The van der Waals surface area contributed by atoms with Crippen molar-refractivity contribution >= 4 is 0 Å². The Kier molecular flexibility index (Phi) is 8.53. The minimum atomic E-state index is 0.893. The predicted octanol–water partition coefficient (Wildman–Crippen LogP) is 3.80. The highest BCUT2D eigenvalue weighted by molar-refractivity contribution is 4.90. The van der Waals surface area contributed by atoms with Crippen molar-refractivity contribution < 1.29 is 0 Å². The van der Waals surface area contributed by atoms with E-state index < -0.39 is 0 Å². The molecule has 0 aromatic rings. The summed E-state index contributed by atoms with van der Waals surface area (Å²) in [5, 5.41) is 0. The first kappa shape index (κ1) is 20.2. The molecule has 2 aliphatic heterocycles. The summed E-state index contributed by atoms with van der Waals surface area (Å²) in [6, 6.07) is 0.913. The van der Waals surface area contributed by atoms with Gasteiger partial charge in [-0.3, -0.25) is 4.90 Å². The highest BCUT2D eigenvalue weighted by Crippen LogP contribution is 2.37. The Hall–Kier alpha value is -0.120. The molecule has 3 aliphatic rings. The number of piperidine rings is 1. The molecule has 0 atom stereocenters. The molecule has 3 heteroatoms. The minimum absolute atomic E-state index is 0.893. The number of nitrogens with zero attached hydrogens (tertiary/aromatic N) is 3. The first-order valence-electron chi connectivity index (χ1n) is 10.8. The number of likely N-dealkylation sites (tertiary alicyclic amines) is 1. The molecule has 3 rings (SSSR count). The lowest BCUT2D eigenvalue weighted by Crippen LogP contribution is -2.47. The Balaban J connectivity index is 0.00000100. The molecule has 142 valence electrons. The van der Waals surface area contributed by atoms with Crippen LogP contribution < -0.4 is 0 Å². The average Bonchev–Trinajstić information content (AvgIpc) is 2.76. The molecule has 0 radical (unpaired) electrons. The van der Waals surface area contributed by atoms with Gasteiger partial charge in [0.05, 0.1) is 0 Å². The van der Waals surface area contributed by atoms with Gasteiger partial charge in [0, 0.05) is 25.7 Å². The van der Waals surface area contributed by atoms with Crippen molar-refractivity contribution in [2.45, 2.75) is 65.8 Å². The van der Waals surface area contributed by atoms with Gasteiger partial charge in [0.2, 0.25) is 0 Å². The molecule has 2 heterocycles. The highest BCUT2D eigenvalue weighted by atomic mass is 15.2. The fraction of sp³-hybridized carbons (Fsp3) is 1.00. The maximum Gasteiger partial charge on any atom is 0.0112 e. The van der Waals surface area contributed by atoms with E-state index >= 15 is 0 Å². The van der Waals surface area contributed by atoms with E-state index in [-0.39, 0.29) is 0 Å². The number of hydrogen-bond acceptors (Lipinski definition) is 3. The summed E-state index contributed by atoms with van der Waals surface area (Å²) >= 11 is 0. The summed E-state index contributed by atoms with van der Waals surface area (Å²) in [4.78, 5) is 8.07. The van der Waals surface area contributed by atoms with Crippen molar-refractivity contribution in [3.05, 3.63) is 0 Å². The van der Waals surface area contributed by atoms with Gasteiger partial charge in [0.25, 0.3) is 0 Å². The van der Waals surface area contributed by atoms with E-state index in [2.05, 4.69) is 35.6 Å². The van der Waals surface area contributed by atoms with Crippen LogP contribution in [0.3, 0.4) is 0 Å². The number of rotatable bonds is 4. The van der Waals surface area contributed by atoms with Gasteiger partial charge in [-0.05, 0) is 83.1 Å². The predicted molar refractivity (Wildman–Crippen MR) is 106 cm³/mol. The van der Waals surface area contributed by atoms with Gasteiger partial charge < -0.3 is 9.80 Å². The van der Waals surface area contributed by atoms with Crippen LogP contribution in [-0.2, 0) is 0 Å². The second-order valence-corrected chi connectivity index (χ2v) is 8.57. The molecule has 0 aromatic heterocycles. The van der Waals surface area contributed by atoms with Gasteiger partial charge >= 0.3 is 0 Å².